The highest BCUT2D eigenvalue weighted by Crippen LogP contribution is 2.28. The van der Waals surface area contributed by atoms with Gasteiger partial charge in [-0.2, -0.15) is 12.6 Å². The van der Waals surface area contributed by atoms with Crippen molar-refractivity contribution < 1.29 is 9.47 Å². The Bertz CT molecular complexity index is 340. The van der Waals surface area contributed by atoms with E-state index in [-0.39, 0.29) is 5.41 Å². The van der Waals surface area contributed by atoms with E-state index in [0.717, 1.165) is 36.5 Å². The van der Waals surface area contributed by atoms with Crippen molar-refractivity contribution in [3.8, 4) is 5.75 Å². The molecular weight excluding hydrogens is 244 g/mol. The van der Waals surface area contributed by atoms with E-state index in [2.05, 4.69) is 32.5 Å². The highest BCUT2D eigenvalue weighted by molar-refractivity contribution is 7.80. The summed E-state index contributed by atoms with van der Waals surface area (Å²) in [5.74, 6) is 1.75. The topological polar surface area (TPSA) is 18.5 Å². The smallest absolute Gasteiger partial charge is 0.119 e. The molecular formula is C15H24O2S. The summed E-state index contributed by atoms with van der Waals surface area (Å²) in [6.45, 7) is 5.80. The summed E-state index contributed by atoms with van der Waals surface area (Å²) >= 11 is 4.45. The van der Waals surface area contributed by atoms with Crippen LogP contribution >= 0.6 is 12.6 Å². The number of hydrogen-bond acceptors (Lipinski definition) is 3. The number of thiol groups is 1. The maximum absolute atomic E-state index is 5.85. The molecule has 0 aliphatic heterocycles. The minimum absolute atomic E-state index is 0.210. The normalized spacial score (nSPS) is 11.6. The van der Waals surface area contributed by atoms with E-state index < -0.39 is 0 Å². The summed E-state index contributed by atoms with van der Waals surface area (Å²) in [7, 11) is 1.68. The third kappa shape index (κ3) is 4.21. The van der Waals surface area contributed by atoms with E-state index in [1.165, 1.54) is 0 Å². The Balaban J connectivity index is 2.49. The zero-order valence-corrected chi connectivity index (χ0v) is 12.5. The highest BCUT2D eigenvalue weighted by atomic mass is 32.1. The monoisotopic (exact) mass is 268 g/mol. The van der Waals surface area contributed by atoms with Crippen molar-refractivity contribution in [2.45, 2.75) is 33.3 Å². The third-order valence-electron chi connectivity index (χ3n) is 3.65. The van der Waals surface area contributed by atoms with Crippen LogP contribution in [0.25, 0.3) is 0 Å². The van der Waals surface area contributed by atoms with E-state index in [9.17, 15) is 0 Å². The second-order valence-corrected chi connectivity index (χ2v) is 5.03. The van der Waals surface area contributed by atoms with Gasteiger partial charge in [-0.3, -0.25) is 0 Å². The Kier molecular flexibility index (Phi) is 6.58. The van der Waals surface area contributed by atoms with Crippen molar-refractivity contribution in [2.24, 2.45) is 5.41 Å². The molecule has 0 spiro atoms. The van der Waals surface area contributed by atoms with E-state index in [0.29, 0.717) is 6.61 Å². The maximum Gasteiger partial charge on any atom is 0.119 e. The molecule has 0 saturated carbocycles. The zero-order chi connectivity index (χ0) is 13.4. The van der Waals surface area contributed by atoms with Gasteiger partial charge in [0.05, 0.1) is 20.3 Å². The van der Waals surface area contributed by atoms with Crippen molar-refractivity contribution in [1.82, 2.24) is 0 Å². The number of ether oxygens (including phenoxy) is 2. The Labute approximate surface area is 116 Å². The van der Waals surface area contributed by atoms with Crippen molar-refractivity contribution in [3.05, 3.63) is 29.8 Å². The molecule has 3 heteroatoms. The largest absolute Gasteiger partial charge is 0.497 e. The lowest BCUT2D eigenvalue weighted by molar-refractivity contribution is 0.0408. The van der Waals surface area contributed by atoms with Gasteiger partial charge in [-0.1, -0.05) is 26.0 Å². The minimum atomic E-state index is 0.210. The molecule has 0 radical (unpaired) electrons. The first-order valence-corrected chi connectivity index (χ1v) is 7.14. The lowest BCUT2D eigenvalue weighted by atomic mass is 9.85. The number of methoxy groups -OCH3 is 1. The van der Waals surface area contributed by atoms with Crippen LogP contribution < -0.4 is 4.74 Å². The summed E-state index contributed by atoms with van der Waals surface area (Å²) in [6.07, 6.45) is 2.20. The van der Waals surface area contributed by atoms with Gasteiger partial charge in [0.1, 0.15) is 5.75 Å². The van der Waals surface area contributed by atoms with Gasteiger partial charge in [-0.05, 0) is 36.3 Å². The average molecular weight is 268 g/mol. The SMILES string of the molecule is CCC(CC)(CS)COCc1cccc(OC)c1. The summed E-state index contributed by atoms with van der Waals surface area (Å²) in [5.41, 5.74) is 1.36. The van der Waals surface area contributed by atoms with E-state index >= 15 is 0 Å². The average Bonchev–Trinajstić information content (AvgIpc) is 2.44. The molecule has 0 atom stereocenters. The predicted octanol–water partition coefficient (Wildman–Crippen LogP) is 3.95. The first-order chi connectivity index (χ1) is 8.69. The first-order valence-electron chi connectivity index (χ1n) is 6.51. The fraction of sp³-hybridized carbons (Fsp3) is 0.600. The summed E-state index contributed by atoms with van der Waals surface area (Å²) in [5, 5.41) is 0. The standard InChI is InChI=1S/C15H24O2S/c1-4-15(5-2,12-18)11-17-10-13-7-6-8-14(9-13)16-3/h6-9,18H,4-5,10-12H2,1-3H3. The van der Waals surface area contributed by atoms with Crippen molar-refractivity contribution in [1.29, 1.82) is 0 Å². The van der Waals surface area contributed by atoms with Gasteiger partial charge in [0, 0.05) is 5.41 Å². The van der Waals surface area contributed by atoms with Crippen LogP contribution in [0.5, 0.6) is 5.75 Å². The Hall–Kier alpha value is -0.670. The molecule has 1 aromatic rings. The van der Waals surface area contributed by atoms with Gasteiger partial charge >= 0.3 is 0 Å². The van der Waals surface area contributed by atoms with Crippen LogP contribution in [0.1, 0.15) is 32.3 Å². The molecule has 0 N–H and O–H groups in total. The first kappa shape index (κ1) is 15.4. The van der Waals surface area contributed by atoms with Gasteiger partial charge in [0.15, 0.2) is 0 Å². The molecule has 18 heavy (non-hydrogen) atoms. The van der Waals surface area contributed by atoms with Crippen LogP contribution in [0.2, 0.25) is 0 Å². The molecule has 0 aliphatic carbocycles. The molecule has 102 valence electrons. The number of hydrogen-bond donors (Lipinski definition) is 1. The molecule has 0 bridgehead atoms. The molecule has 1 aromatic carbocycles. The molecule has 0 heterocycles. The van der Waals surface area contributed by atoms with Gasteiger partial charge in [-0.25, -0.2) is 0 Å². The minimum Gasteiger partial charge on any atom is -0.497 e. The summed E-state index contributed by atoms with van der Waals surface area (Å²) < 4.78 is 11.1. The molecule has 0 fully saturated rings. The third-order valence-corrected chi connectivity index (χ3v) is 4.32. The van der Waals surface area contributed by atoms with Crippen molar-refractivity contribution in [2.75, 3.05) is 19.5 Å². The van der Waals surface area contributed by atoms with Crippen molar-refractivity contribution >= 4 is 12.6 Å². The van der Waals surface area contributed by atoms with Crippen LogP contribution in [0, 0.1) is 5.41 Å². The Morgan fingerprint density at radius 3 is 2.50 bits per heavy atom. The van der Waals surface area contributed by atoms with Gasteiger partial charge in [-0.15, -0.1) is 0 Å². The Morgan fingerprint density at radius 2 is 1.94 bits per heavy atom. The molecule has 0 saturated heterocycles. The molecule has 0 aromatic heterocycles. The molecule has 0 amide bonds. The second-order valence-electron chi connectivity index (χ2n) is 4.71. The molecule has 0 unspecified atom stereocenters. The predicted molar refractivity (Wildman–Crippen MR) is 79.5 cm³/mol. The van der Waals surface area contributed by atoms with Crippen LogP contribution in [0.3, 0.4) is 0 Å². The highest BCUT2D eigenvalue weighted by Gasteiger charge is 2.24. The zero-order valence-electron chi connectivity index (χ0n) is 11.6. The van der Waals surface area contributed by atoms with Crippen LogP contribution in [-0.4, -0.2) is 19.5 Å². The fourth-order valence-corrected chi connectivity index (χ4v) is 2.41. The van der Waals surface area contributed by atoms with Crippen LogP contribution in [0.15, 0.2) is 24.3 Å². The van der Waals surface area contributed by atoms with Crippen LogP contribution in [0.4, 0.5) is 0 Å². The Morgan fingerprint density at radius 1 is 1.22 bits per heavy atom. The summed E-state index contributed by atoms with van der Waals surface area (Å²) in [4.78, 5) is 0. The molecule has 2 nitrogen and oxygen atoms in total. The lowest BCUT2D eigenvalue weighted by Gasteiger charge is -2.29. The maximum atomic E-state index is 5.85. The number of benzene rings is 1. The van der Waals surface area contributed by atoms with E-state index in [1.807, 2.05) is 18.2 Å². The van der Waals surface area contributed by atoms with Crippen LogP contribution in [-0.2, 0) is 11.3 Å². The second kappa shape index (κ2) is 7.70. The van der Waals surface area contributed by atoms with Gasteiger partial charge in [0.25, 0.3) is 0 Å². The quantitative estimate of drug-likeness (QED) is 0.720. The van der Waals surface area contributed by atoms with Gasteiger partial charge in [0.2, 0.25) is 0 Å². The van der Waals surface area contributed by atoms with Gasteiger partial charge < -0.3 is 9.47 Å². The van der Waals surface area contributed by atoms with E-state index in [1.54, 1.807) is 7.11 Å². The number of rotatable bonds is 8. The molecule has 0 aliphatic rings. The molecule has 1 rings (SSSR count). The van der Waals surface area contributed by atoms with Crippen molar-refractivity contribution in [3.63, 3.8) is 0 Å². The van der Waals surface area contributed by atoms with E-state index in [4.69, 9.17) is 9.47 Å². The lowest BCUT2D eigenvalue weighted by Crippen LogP contribution is -2.27. The fourth-order valence-electron chi connectivity index (χ4n) is 1.87. The summed E-state index contributed by atoms with van der Waals surface area (Å²) in [6, 6.07) is 8.01.